The molecule has 0 amide bonds. The van der Waals surface area contributed by atoms with Gasteiger partial charge in [-0.2, -0.15) is 8.78 Å². The van der Waals surface area contributed by atoms with Gasteiger partial charge >= 0.3 is 0 Å². The third kappa shape index (κ3) is 2.77. The number of nitrogens with two attached hydrogens (primary N) is 1. The van der Waals surface area contributed by atoms with Gasteiger partial charge in [0.1, 0.15) is 12.4 Å². The van der Waals surface area contributed by atoms with Crippen molar-refractivity contribution in [3.63, 3.8) is 0 Å². The van der Waals surface area contributed by atoms with Crippen LogP contribution in [0.4, 0.5) is 23.4 Å². The van der Waals surface area contributed by atoms with Gasteiger partial charge in [0.25, 0.3) is 0 Å². The van der Waals surface area contributed by atoms with E-state index in [0.29, 0.717) is 0 Å². The fourth-order valence-corrected chi connectivity index (χ4v) is 1.58. The summed E-state index contributed by atoms with van der Waals surface area (Å²) in [6.45, 7) is -0.499. The number of pyridine rings is 1. The third-order valence-electron chi connectivity index (χ3n) is 2.36. The van der Waals surface area contributed by atoms with Crippen LogP contribution in [0.5, 0.6) is 5.75 Å². The van der Waals surface area contributed by atoms with E-state index in [2.05, 4.69) is 4.98 Å². The van der Waals surface area contributed by atoms with Gasteiger partial charge in [0.15, 0.2) is 17.4 Å². The van der Waals surface area contributed by atoms with Gasteiger partial charge in [0, 0.05) is 6.07 Å². The third-order valence-corrected chi connectivity index (χ3v) is 2.71. The highest BCUT2D eigenvalue weighted by atomic mass is 35.5. The van der Waals surface area contributed by atoms with Crippen molar-refractivity contribution in [2.24, 2.45) is 0 Å². The van der Waals surface area contributed by atoms with E-state index in [-0.39, 0.29) is 22.6 Å². The number of halogens is 5. The van der Waals surface area contributed by atoms with E-state index < -0.39 is 35.6 Å². The van der Waals surface area contributed by atoms with Gasteiger partial charge in [-0.05, 0) is 12.1 Å². The summed E-state index contributed by atoms with van der Waals surface area (Å²) in [6.07, 6.45) is 0. The van der Waals surface area contributed by atoms with Crippen LogP contribution in [0.2, 0.25) is 5.02 Å². The van der Waals surface area contributed by atoms with Gasteiger partial charge in [-0.1, -0.05) is 11.6 Å². The largest absolute Gasteiger partial charge is 0.481 e. The van der Waals surface area contributed by atoms with Crippen LogP contribution in [-0.4, -0.2) is 4.98 Å². The molecule has 0 atom stereocenters. The number of benzene rings is 1. The molecular formula is C12H7ClF4N2O. The van der Waals surface area contributed by atoms with Crippen LogP contribution in [0, 0.1) is 23.3 Å². The number of nitrogen functional groups attached to an aromatic ring is 1. The van der Waals surface area contributed by atoms with Crippen molar-refractivity contribution in [2.75, 3.05) is 5.73 Å². The minimum absolute atomic E-state index is 0.0788. The summed E-state index contributed by atoms with van der Waals surface area (Å²) in [5, 5.41) is 0.136. The maximum atomic E-state index is 13.3. The molecule has 1 aromatic carbocycles. The van der Waals surface area contributed by atoms with E-state index in [4.69, 9.17) is 22.1 Å². The van der Waals surface area contributed by atoms with Crippen LogP contribution >= 0.6 is 11.6 Å². The summed E-state index contributed by atoms with van der Waals surface area (Å²) in [5.74, 6) is -7.47. The summed E-state index contributed by atoms with van der Waals surface area (Å²) in [5.41, 5.74) is 5.49. The molecule has 1 heterocycles. The smallest absolute Gasteiger partial charge is 0.203 e. The van der Waals surface area contributed by atoms with E-state index in [9.17, 15) is 17.6 Å². The number of anilines is 1. The minimum atomic E-state index is -1.64. The molecule has 0 saturated carbocycles. The predicted molar refractivity (Wildman–Crippen MR) is 64.3 cm³/mol. The SMILES string of the molecule is Nc1ccc(Cl)c(COc2c(F)c(F)cc(F)c2F)n1. The van der Waals surface area contributed by atoms with Gasteiger partial charge in [-0.15, -0.1) is 0 Å². The van der Waals surface area contributed by atoms with E-state index in [1.807, 2.05) is 0 Å². The lowest BCUT2D eigenvalue weighted by molar-refractivity contribution is 0.258. The molecule has 0 fully saturated rings. The Morgan fingerprint density at radius 2 is 1.70 bits per heavy atom. The maximum Gasteiger partial charge on any atom is 0.203 e. The Bertz CT molecular complexity index is 640. The molecule has 0 aliphatic carbocycles. The molecular weight excluding hydrogens is 300 g/mol. The van der Waals surface area contributed by atoms with Crippen molar-refractivity contribution in [1.29, 1.82) is 0 Å². The first kappa shape index (κ1) is 14.4. The van der Waals surface area contributed by atoms with E-state index in [1.165, 1.54) is 12.1 Å². The van der Waals surface area contributed by atoms with Crippen molar-refractivity contribution in [1.82, 2.24) is 4.98 Å². The zero-order chi connectivity index (χ0) is 14.9. The van der Waals surface area contributed by atoms with Crippen LogP contribution in [0.25, 0.3) is 0 Å². The Labute approximate surface area is 115 Å². The molecule has 2 rings (SSSR count). The second kappa shape index (κ2) is 5.54. The molecule has 20 heavy (non-hydrogen) atoms. The van der Waals surface area contributed by atoms with E-state index in [0.717, 1.165) is 0 Å². The Hall–Kier alpha value is -2.02. The van der Waals surface area contributed by atoms with Crippen molar-refractivity contribution < 1.29 is 22.3 Å². The number of hydrogen-bond donors (Lipinski definition) is 1. The minimum Gasteiger partial charge on any atom is -0.481 e. The average Bonchev–Trinajstić information content (AvgIpc) is 2.40. The zero-order valence-electron chi connectivity index (χ0n) is 9.76. The zero-order valence-corrected chi connectivity index (χ0v) is 10.5. The van der Waals surface area contributed by atoms with Crippen LogP contribution < -0.4 is 10.5 Å². The summed E-state index contributed by atoms with van der Waals surface area (Å²) in [4.78, 5) is 3.78. The molecule has 0 aliphatic rings. The van der Waals surface area contributed by atoms with Crippen LogP contribution in [0.15, 0.2) is 18.2 Å². The summed E-state index contributed by atoms with van der Waals surface area (Å²) in [6, 6.07) is 2.90. The summed E-state index contributed by atoms with van der Waals surface area (Å²) in [7, 11) is 0. The molecule has 0 spiro atoms. The molecule has 8 heteroatoms. The molecule has 0 unspecified atom stereocenters. The second-order valence-corrected chi connectivity index (χ2v) is 4.16. The maximum absolute atomic E-state index is 13.3. The molecule has 106 valence electrons. The average molecular weight is 307 g/mol. The number of ether oxygens (including phenoxy) is 1. The lowest BCUT2D eigenvalue weighted by Gasteiger charge is -2.10. The molecule has 2 aromatic rings. The molecule has 0 aliphatic heterocycles. The van der Waals surface area contributed by atoms with Crippen LogP contribution in [0.3, 0.4) is 0 Å². The topological polar surface area (TPSA) is 48.1 Å². The summed E-state index contributed by atoms with van der Waals surface area (Å²) < 4.78 is 57.3. The number of hydrogen-bond acceptors (Lipinski definition) is 3. The van der Waals surface area contributed by atoms with Crippen LogP contribution in [-0.2, 0) is 6.61 Å². The lowest BCUT2D eigenvalue weighted by Crippen LogP contribution is -2.06. The Morgan fingerprint density at radius 3 is 2.30 bits per heavy atom. The Morgan fingerprint density at radius 1 is 1.10 bits per heavy atom. The van der Waals surface area contributed by atoms with E-state index in [1.54, 1.807) is 0 Å². The second-order valence-electron chi connectivity index (χ2n) is 3.75. The van der Waals surface area contributed by atoms with Gasteiger partial charge < -0.3 is 10.5 Å². The highest BCUT2D eigenvalue weighted by Gasteiger charge is 2.21. The molecule has 0 radical (unpaired) electrons. The number of aromatic nitrogens is 1. The highest BCUT2D eigenvalue weighted by Crippen LogP contribution is 2.27. The lowest BCUT2D eigenvalue weighted by atomic mass is 10.3. The first-order chi connectivity index (χ1) is 9.40. The molecule has 0 saturated heterocycles. The van der Waals surface area contributed by atoms with Crippen molar-refractivity contribution >= 4 is 17.4 Å². The molecule has 2 N–H and O–H groups in total. The predicted octanol–water partition coefficient (Wildman–Crippen LogP) is 3.45. The van der Waals surface area contributed by atoms with Crippen molar-refractivity contribution in [3.05, 3.63) is 52.2 Å². The summed E-state index contributed by atoms with van der Waals surface area (Å²) >= 11 is 5.77. The quantitative estimate of drug-likeness (QED) is 0.698. The molecule has 0 bridgehead atoms. The van der Waals surface area contributed by atoms with Gasteiger partial charge in [0.2, 0.25) is 11.6 Å². The van der Waals surface area contributed by atoms with Gasteiger partial charge in [-0.25, -0.2) is 13.8 Å². The Kier molecular flexibility index (Phi) is 3.99. The normalized spacial score (nSPS) is 10.7. The fraction of sp³-hybridized carbons (Fsp3) is 0.0833. The molecule has 3 nitrogen and oxygen atoms in total. The molecule has 1 aromatic heterocycles. The van der Waals surface area contributed by atoms with E-state index >= 15 is 0 Å². The van der Waals surface area contributed by atoms with Gasteiger partial charge in [0.05, 0.1) is 10.7 Å². The fourth-order valence-electron chi connectivity index (χ4n) is 1.42. The van der Waals surface area contributed by atoms with Crippen LogP contribution in [0.1, 0.15) is 5.69 Å². The number of nitrogens with zero attached hydrogens (tertiary/aromatic N) is 1. The number of rotatable bonds is 3. The van der Waals surface area contributed by atoms with Crippen molar-refractivity contribution in [3.8, 4) is 5.75 Å². The first-order valence-corrected chi connectivity index (χ1v) is 5.64. The highest BCUT2D eigenvalue weighted by molar-refractivity contribution is 6.31. The first-order valence-electron chi connectivity index (χ1n) is 5.27. The van der Waals surface area contributed by atoms with Crippen molar-refractivity contribution in [2.45, 2.75) is 6.61 Å². The Balaban J connectivity index is 2.30. The standard InChI is InChI=1S/C12H7ClF4N2O/c13-5-1-2-9(18)19-8(5)4-20-12-10(16)6(14)3-7(15)11(12)17/h1-3H,4H2,(H2,18,19). The monoisotopic (exact) mass is 306 g/mol. The van der Waals surface area contributed by atoms with Gasteiger partial charge in [-0.3, -0.25) is 0 Å².